The van der Waals surface area contributed by atoms with Crippen LogP contribution in [0.25, 0.3) is 0 Å². The first-order valence-electron chi connectivity index (χ1n) is 7.80. The summed E-state index contributed by atoms with van der Waals surface area (Å²) in [7, 11) is 0. The van der Waals surface area contributed by atoms with E-state index in [1.165, 1.54) is 16.0 Å². The molecular formula is C16H21ClN4O3. The van der Waals surface area contributed by atoms with Gasteiger partial charge in [-0.1, -0.05) is 24.3 Å². The van der Waals surface area contributed by atoms with Crippen molar-refractivity contribution in [2.45, 2.75) is 18.9 Å². The number of nitrogens with zero attached hydrogens (tertiary/aromatic N) is 1. The summed E-state index contributed by atoms with van der Waals surface area (Å²) >= 11 is 0. The van der Waals surface area contributed by atoms with Crippen LogP contribution in [-0.4, -0.2) is 48.9 Å². The van der Waals surface area contributed by atoms with Crippen LogP contribution in [0.1, 0.15) is 23.6 Å². The quantitative estimate of drug-likeness (QED) is 0.729. The van der Waals surface area contributed by atoms with Crippen LogP contribution in [0.4, 0.5) is 4.79 Å². The Balaban J connectivity index is 0.00000208. The van der Waals surface area contributed by atoms with Gasteiger partial charge in [-0.15, -0.1) is 12.4 Å². The van der Waals surface area contributed by atoms with Crippen LogP contribution in [0.2, 0.25) is 0 Å². The summed E-state index contributed by atoms with van der Waals surface area (Å²) in [6.07, 6.45) is 1.22. The van der Waals surface area contributed by atoms with Gasteiger partial charge in [0, 0.05) is 25.6 Å². The number of hydrogen-bond donors (Lipinski definition) is 3. The molecule has 1 aromatic rings. The van der Waals surface area contributed by atoms with Gasteiger partial charge in [0.2, 0.25) is 11.8 Å². The van der Waals surface area contributed by atoms with Gasteiger partial charge in [0.15, 0.2) is 0 Å². The summed E-state index contributed by atoms with van der Waals surface area (Å²) in [5.74, 6) is -0.519. The highest BCUT2D eigenvalue weighted by Crippen LogP contribution is 2.21. The second-order valence-corrected chi connectivity index (χ2v) is 5.78. The lowest BCUT2D eigenvalue weighted by Gasteiger charge is -2.28. The molecule has 2 aliphatic rings. The Morgan fingerprint density at radius 3 is 2.83 bits per heavy atom. The number of nitrogens with one attached hydrogen (secondary N) is 3. The number of amides is 4. The first kappa shape index (κ1) is 18.2. The van der Waals surface area contributed by atoms with Crippen molar-refractivity contribution in [1.82, 2.24) is 20.9 Å². The molecule has 7 nitrogen and oxygen atoms in total. The maximum atomic E-state index is 12.0. The van der Waals surface area contributed by atoms with Crippen LogP contribution in [0.5, 0.6) is 0 Å². The largest absolute Gasteiger partial charge is 0.353 e. The zero-order valence-corrected chi connectivity index (χ0v) is 14.0. The highest BCUT2D eigenvalue weighted by atomic mass is 35.5. The van der Waals surface area contributed by atoms with Gasteiger partial charge in [0.25, 0.3) is 0 Å². The van der Waals surface area contributed by atoms with Gasteiger partial charge in [0.1, 0.15) is 6.54 Å². The van der Waals surface area contributed by atoms with E-state index >= 15 is 0 Å². The second-order valence-electron chi connectivity index (χ2n) is 5.78. The number of carbonyl (C=O) groups excluding carboxylic acids is 3. The molecule has 1 fully saturated rings. The number of fused-ring (bicyclic) bond motifs is 1. The zero-order valence-electron chi connectivity index (χ0n) is 13.2. The Morgan fingerprint density at radius 2 is 2.04 bits per heavy atom. The first-order chi connectivity index (χ1) is 11.1. The van der Waals surface area contributed by atoms with E-state index in [9.17, 15) is 14.4 Å². The third kappa shape index (κ3) is 4.24. The molecule has 3 rings (SSSR count). The molecule has 2 heterocycles. The lowest BCUT2D eigenvalue weighted by molar-refractivity contribution is -0.125. The Labute approximate surface area is 146 Å². The minimum absolute atomic E-state index is 0. The van der Waals surface area contributed by atoms with Gasteiger partial charge in [-0.05, 0) is 24.1 Å². The monoisotopic (exact) mass is 352 g/mol. The molecule has 8 heteroatoms. The van der Waals surface area contributed by atoms with Crippen molar-refractivity contribution in [3.8, 4) is 0 Å². The van der Waals surface area contributed by atoms with E-state index < -0.39 is 6.03 Å². The van der Waals surface area contributed by atoms with Gasteiger partial charge >= 0.3 is 6.03 Å². The molecule has 0 saturated carbocycles. The van der Waals surface area contributed by atoms with Crippen molar-refractivity contribution in [3.63, 3.8) is 0 Å². The summed E-state index contributed by atoms with van der Waals surface area (Å²) in [6.45, 7) is 1.61. The third-order valence-electron chi connectivity index (χ3n) is 4.20. The fourth-order valence-electron chi connectivity index (χ4n) is 2.97. The number of hydrogen-bond acceptors (Lipinski definition) is 4. The number of carbonyl (C=O) groups is 3. The lowest BCUT2D eigenvalue weighted by Crippen LogP contribution is -2.52. The van der Waals surface area contributed by atoms with Gasteiger partial charge in [-0.25, -0.2) is 4.79 Å². The fourth-order valence-corrected chi connectivity index (χ4v) is 2.97. The molecule has 0 aromatic heterocycles. The summed E-state index contributed by atoms with van der Waals surface area (Å²) in [5.41, 5.74) is 2.51. The Kier molecular flexibility index (Phi) is 6.16. The van der Waals surface area contributed by atoms with Crippen molar-refractivity contribution in [1.29, 1.82) is 0 Å². The number of halogens is 1. The SMILES string of the molecule is Cl.O=C(CN1CCC(=O)NC1=O)NCC1NCCc2ccccc21. The summed E-state index contributed by atoms with van der Waals surface area (Å²) in [6, 6.07) is 7.78. The van der Waals surface area contributed by atoms with Gasteiger partial charge < -0.3 is 15.5 Å². The van der Waals surface area contributed by atoms with Crippen molar-refractivity contribution in [2.24, 2.45) is 0 Å². The van der Waals surface area contributed by atoms with Crippen molar-refractivity contribution < 1.29 is 14.4 Å². The van der Waals surface area contributed by atoms with Crippen LogP contribution >= 0.6 is 12.4 Å². The molecule has 0 radical (unpaired) electrons. The summed E-state index contributed by atoms with van der Waals surface area (Å²) < 4.78 is 0. The minimum atomic E-state index is -0.502. The molecule has 1 aromatic carbocycles. The third-order valence-corrected chi connectivity index (χ3v) is 4.20. The normalized spacial score (nSPS) is 19.8. The topological polar surface area (TPSA) is 90.5 Å². The van der Waals surface area contributed by atoms with E-state index in [-0.39, 0.29) is 49.8 Å². The van der Waals surface area contributed by atoms with Gasteiger partial charge in [0.05, 0.1) is 0 Å². The molecular weight excluding hydrogens is 332 g/mol. The van der Waals surface area contributed by atoms with Crippen molar-refractivity contribution in [2.75, 3.05) is 26.2 Å². The van der Waals surface area contributed by atoms with Crippen LogP contribution in [0, 0.1) is 0 Å². The Bertz CT molecular complexity index is 638. The highest BCUT2D eigenvalue weighted by molar-refractivity contribution is 5.98. The number of rotatable bonds is 4. The van der Waals surface area contributed by atoms with E-state index in [4.69, 9.17) is 0 Å². The molecule has 4 amide bonds. The maximum absolute atomic E-state index is 12.0. The number of benzene rings is 1. The second kappa shape index (κ2) is 8.12. The average Bonchev–Trinajstić information content (AvgIpc) is 2.55. The molecule has 1 atom stereocenters. The molecule has 0 bridgehead atoms. The fraction of sp³-hybridized carbons (Fsp3) is 0.438. The van der Waals surface area contributed by atoms with Gasteiger partial charge in [-0.2, -0.15) is 0 Å². The van der Waals surface area contributed by atoms with Crippen molar-refractivity contribution in [3.05, 3.63) is 35.4 Å². The zero-order chi connectivity index (χ0) is 16.2. The first-order valence-corrected chi connectivity index (χ1v) is 7.80. The Morgan fingerprint density at radius 1 is 1.25 bits per heavy atom. The van der Waals surface area contributed by atoms with E-state index in [1.54, 1.807) is 0 Å². The lowest BCUT2D eigenvalue weighted by atomic mass is 9.94. The maximum Gasteiger partial charge on any atom is 0.324 e. The minimum Gasteiger partial charge on any atom is -0.353 e. The molecule has 2 aliphatic heterocycles. The van der Waals surface area contributed by atoms with Crippen LogP contribution in [-0.2, 0) is 16.0 Å². The van der Waals surface area contributed by atoms with Crippen LogP contribution < -0.4 is 16.0 Å². The predicted molar refractivity (Wildman–Crippen MR) is 90.9 cm³/mol. The van der Waals surface area contributed by atoms with E-state index in [2.05, 4.69) is 28.1 Å². The molecule has 130 valence electrons. The molecule has 0 aliphatic carbocycles. The van der Waals surface area contributed by atoms with Crippen LogP contribution in [0.3, 0.4) is 0 Å². The average molecular weight is 353 g/mol. The number of imide groups is 1. The predicted octanol–water partition coefficient (Wildman–Crippen LogP) is 0.353. The highest BCUT2D eigenvalue weighted by Gasteiger charge is 2.25. The van der Waals surface area contributed by atoms with Gasteiger partial charge in [-0.3, -0.25) is 14.9 Å². The molecule has 24 heavy (non-hydrogen) atoms. The molecule has 1 saturated heterocycles. The van der Waals surface area contributed by atoms with E-state index in [0.717, 1.165) is 13.0 Å². The van der Waals surface area contributed by atoms with E-state index in [0.29, 0.717) is 6.54 Å². The Hall–Kier alpha value is -2.12. The smallest absolute Gasteiger partial charge is 0.324 e. The number of urea groups is 1. The summed E-state index contributed by atoms with van der Waals surface area (Å²) in [5, 5.41) is 8.47. The van der Waals surface area contributed by atoms with Crippen LogP contribution in [0.15, 0.2) is 24.3 Å². The molecule has 1 unspecified atom stereocenters. The molecule has 0 spiro atoms. The molecule has 3 N–H and O–H groups in total. The standard InChI is InChI=1S/C16H20N4O3.ClH/c21-14-6-8-20(16(23)19-14)10-15(22)18-9-13-12-4-2-1-3-11(12)5-7-17-13;/h1-4,13,17H,5-10H2,(H,18,22)(H,19,21,23);1H. The summed E-state index contributed by atoms with van der Waals surface area (Å²) in [4.78, 5) is 36.1. The van der Waals surface area contributed by atoms with Crippen molar-refractivity contribution >= 4 is 30.3 Å². The van der Waals surface area contributed by atoms with E-state index in [1.807, 2.05) is 12.1 Å².